The first kappa shape index (κ1) is 13.9. The normalized spacial score (nSPS) is 20.3. The molecule has 1 unspecified atom stereocenters. The van der Waals surface area contributed by atoms with Crippen molar-refractivity contribution in [2.24, 2.45) is 7.05 Å². The van der Waals surface area contributed by atoms with Crippen molar-refractivity contribution in [3.05, 3.63) is 12.4 Å². The predicted molar refractivity (Wildman–Crippen MR) is 62.6 cm³/mol. The molecule has 8 heteroatoms. The molecule has 19 heavy (non-hydrogen) atoms. The molecule has 0 aliphatic carbocycles. The van der Waals surface area contributed by atoms with Crippen LogP contribution < -0.4 is 10.2 Å². The molecule has 0 bridgehead atoms. The Morgan fingerprint density at radius 1 is 1.58 bits per heavy atom. The van der Waals surface area contributed by atoms with Crippen LogP contribution in [-0.2, 0) is 11.8 Å². The molecule has 0 saturated carbocycles. The first-order valence-electron chi connectivity index (χ1n) is 5.99. The van der Waals surface area contributed by atoms with Crippen molar-refractivity contribution in [2.45, 2.75) is 25.1 Å². The zero-order chi connectivity index (χ0) is 14.0. The average Bonchev–Trinajstić information content (AvgIpc) is 2.76. The third kappa shape index (κ3) is 3.06. The summed E-state index contributed by atoms with van der Waals surface area (Å²) in [5, 5.41) is 6.84. The van der Waals surface area contributed by atoms with Gasteiger partial charge in [-0.1, -0.05) is 0 Å². The average molecular weight is 276 g/mol. The van der Waals surface area contributed by atoms with Crippen LogP contribution in [0.25, 0.3) is 0 Å². The highest BCUT2D eigenvalue weighted by Gasteiger charge is 2.45. The van der Waals surface area contributed by atoms with Gasteiger partial charge in [-0.05, 0) is 19.4 Å². The molecule has 1 aliphatic rings. The largest absolute Gasteiger partial charge is 0.471 e. The molecule has 1 aliphatic heterocycles. The van der Waals surface area contributed by atoms with E-state index in [1.54, 1.807) is 7.05 Å². The number of aromatic nitrogens is 2. The highest BCUT2D eigenvalue weighted by Crippen LogP contribution is 2.27. The minimum absolute atomic E-state index is 0.179. The molecule has 1 fully saturated rings. The number of anilines is 1. The van der Waals surface area contributed by atoms with Gasteiger partial charge in [-0.25, -0.2) is 0 Å². The molecule has 0 radical (unpaired) electrons. The Morgan fingerprint density at radius 2 is 2.32 bits per heavy atom. The maximum absolute atomic E-state index is 12.7. The maximum atomic E-state index is 12.7. The standard InChI is InChI=1S/C11H15F3N4O/c1-17-7-9(6-16-17)18(10(19)11(12,13)14)8-3-2-4-15-5-8/h6-8,15H,2-5H2,1H3. The summed E-state index contributed by atoms with van der Waals surface area (Å²) < 4.78 is 39.5. The summed E-state index contributed by atoms with van der Waals surface area (Å²) >= 11 is 0. The lowest BCUT2D eigenvalue weighted by molar-refractivity contribution is -0.171. The summed E-state index contributed by atoms with van der Waals surface area (Å²) in [5.41, 5.74) is 0.179. The van der Waals surface area contributed by atoms with E-state index in [-0.39, 0.29) is 5.69 Å². The highest BCUT2D eigenvalue weighted by molar-refractivity contribution is 5.97. The van der Waals surface area contributed by atoms with Crippen LogP contribution in [0.4, 0.5) is 18.9 Å². The topological polar surface area (TPSA) is 50.2 Å². The first-order chi connectivity index (χ1) is 8.89. The van der Waals surface area contributed by atoms with Crippen LogP contribution in [0.2, 0.25) is 0 Å². The van der Waals surface area contributed by atoms with Crippen LogP contribution in [0.1, 0.15) is 12.8 Å². The molecule has 1 N–H and O–H groups in total. The molecule has 1 saturated heterocycles. The van der Waals surface area contributed by atoms with Crippen molar-refractivity contribution in [3.8, 4) is 0 Å². The Hall–Kier alpha value is -1.57. The molecule has 1 amide bonds. The molecule has 2 rings (SSSR count). The quantitative estimate of drug-likeness (QED) is 0.879. The molecule has 0 aromatic carbocycles. The molecule has 1 aromatic rings. The van der Waals surface area contributed by atoms with E-state index in [4.69, 9.17) is 0 Å². The number of hydrogen-bond donors (Lipinski definition) is 1. The number of rotatable bonds is 2. The number of nitrogens with one attached hydrogen (secondary N) is 1. The molecule has 5 nitrogen and oxygen atoms in total. The number of carbonyl (C=O) groups excluding carboxylic acids is 1. The molecule has 2 heterocycles. The second-order valence-corrected chi connectivity index (χ2v) is 4.55. The molecular formula is C11H15F3N4O. The second kappa shape index (κ2) is 5.20. The minimum Gasteiger partial charge on any atom is -0.315 e. The van der Waals surface area contributed by atoms with Gasteiger partial charge in [0.1, 0.15) is 0 Å². The van der Waals surface area contributed by atoms with E-state index in [2.05, 4.69) is 10.4 Å². The monoisotopic (exact) mass is 276 g/mol. The number of alkyl halides is 3. The van der Waals surface area contributed by atoms with E-state index in [0.717, 1.165) is 17.9 Å². The maximum Gasteiger partial charge on any atom is 0.471 e. The summed E-state index contributed by atoms with van der Waals surface area (Å²) in [5.74, 6) is -1.84. The van der Waals surface area contributed by atoms with E-state index >= 15 is 0 Å². The Morgan fingerprint density at radius 3 is 2.79 bits per heavy atom. The van der Waals surface area contributed by atoms with Crippen LogP contribution >= 0.6 is 0 Å². The van der Waals surface area contributed by atoms with Crippen molar-refractivity contribution in [3.63, 3.8) is 0 Å². The molecule has 106 valence electrons. The summed E-state index contributed by atoms with van der Waals surface area (Å²) in [6.07, 6.45) is -0.903. The Bertz CT molecular complexity index is 451. The van der Waals surface area contributed by atoms with E-state index in [1.165, 1.54) is 17.1 Å². The fourth-order valence-corrected chi connectivity index (χ4v) is 2.22. The highest BCUT2D eigenvalue weighted by atomic mass is 19.4. The fourth-order valence-electron chi connectivity index (χ4n) is 2.22. The SMILES string of the molecule is Cn1cc(N(C(=O)C(F)(F)F)C2CCCNC2)cn1. The smallest absolute Gasteiger partial charge is 0.315 e. The van der Waals surface area contributed by atoms with Crippen LogP contribution in [0.15, 0.2) is 12.4 Å². The number of nitrogens with zero attached hydrogens (tertiary/aromatic N) is 3. The second-order valence-electron chi connectivity index (χ2n) is 4.55. The third-order valence-corrected chi connectivity index (χ3v) is 3.07. The van der Waals surface area contributed by atoms with E-state index in [9.17, 15) is 18.0 Å². The van der Waals surface area contributed by atoms with E-state index in [0.29, 0.717) is 13.0 Å². The molecule has 0 spiro atoms. The van der Waals surface area contributed by atoms with Gasteiger partial charge >= 0.3 is 12.1 Å². The van der Waals surface area contributed by atoms with Gasteiger partial charge in [0.15, 0.2) is 0 Å². The summed E-state index contributed by atoms with van der Waals surface area (Å²) in [4.78, 5) is 12.4. The summed E-state index contributed by atoms with van der Waals surface area (Å²) in [6, 6.07) is -0.493. The number of amides is 1. The van der Waals surface area contributed by atoms with Crippen LogP contribution in [0.3, 0.4) is 0 Å². The van der Waals surface area contributed by atoms with Crippen molar-refractivity contribution in [1.82, 2.24) is 15.1 Å². The Kier molecular flexibility index (Phi) is 3.79. The van der Waals surface area contributed by atoms with Crippen molar-refractivity contribution in [1.29, 1.82) is 0 Å². The van der Waals surface area contributed by atoms with Gasteiger partial charge in [0.05, 0.1) is 11.9 Å². The minimum atomic E-state index is -4.88. The van der Waals surface area contributed by atoms with Crippen molar-refractivity contribution >= 4 is 11.6 Å². The van der Waals surface area contributed by atoms with Gasteiger partial charge in [-0.2, -0.15) is 18.3 Å². The van der Waals surface area contributed by atoms with Gasteiger partial charge < -0.3 is 5.32 Å². The predicted octanol–water partition coefficient (Wildman–Crippen LogP) is 1.07. The third-order valence-electron chi connectivity index (χ3n) is 3.07. The fraction of sp³-hybridized carbons (Fsp3) is 0.636. The zero-order valence-corrected chi connectivity index (χ0v) is 10.4. The van der Waals surface area contributed by atoms with Gasteiger partial charge in [0.2, 0.25) is 0 Å². The number of halogens is 3. The van der Waals surface area contributed by atoms with Gasteiger partial charge in [0.25, 0.3) is 0 Å². The Balaban J connectivity index is 2.29. The lowest BCUT2D eigenvalue weighted by Gasteiger charge is -2.34. The molecule has 1 aromatic heterocycles. The lowest BCUT2D eigenvalue weighted by Crippen LogP contribution is -2.53. The number of hydrogen-bond acceptors (Lipinski definition) is 3. The van der Waals surface area contributed by atoms with Gasteiger partial charge in [-0.15, -0.1) is 0 Å². The van der Waals surface area contributed by atoms with Crippen molar-refractivity contribution < 1.29 is 18.0 Å². The molecule has 1 atom stereocenters. The van der Waals surface area contributed by atoms with Crippen LogP contribution in [-0.4, -0.2) is 41.0 Å². The number of carbonyl (C=O) groups is 1. The number of aryl methyl sites for hydroxylation is 1. The van der Waals surface area contributed by atoms with Gasteiger partial charge in [0, 0.05) is 25.8 Å². The van der Waals surface area contributed by atoms with Crippen LogP contribution in [0.5, 0.6) is 0 Å². The van der Waals surface area contributed by atoms with E-state index < -0.39 is 18.1 Å². The first-order valence-corrected chi connectivity index (χ1v) is 5.99. The summed E-state index contributed by atoms with van der Waals surface area (Å²) in [6.45, 7) is 1.12. The zero-order valence-electron chi connectivity index (χ0n) is 10.4. The lowest BCUT2D eigenvalue weighted by atomic mass is 10.1. The van der Waals surface area contributed by atoms with Crippen LogP contribution in [0, 0.1) is 0 Å². The molecular weight excluding hydrogens is 261 g/mol. The Labute approximate surface area is 108 Å². The summed E-state index contributed by atoms with van der Waals surface area (Å²) in [7, 11) is 1.60. The number of piperidine rings is 1. The van der Waals surface area contributed by atoms with Crippen molar-refractivity contribution in [2.75, 3.05) is 18.0 Å². The van der Waals surface area contributed by atoms with E-state index in [1.807, 2.05) is 0 Å². The van der Waals surface area contributed by atoms with Gasteiger partial charge in [-0.3, -0.25) is 14.4 Å².